The number of rotatable bonds is 2. The van der Waals surface area contributed by atoms with Gasteiger partial charge in [-0.05, 0) is 121 Å². The van der Waals surface area contributed by atoms with Crippen LogP contribution in [0.1, 0.15) is 0 Å². The van der Waals surface area contributed by atoms with Crippen LogP contribution in [0.5, 0.6) is 0 Å². The van der Waals surface area contributed by atoms with Gasteiger partial charge in [-0.1, -0.05) is 231 Å². The van der Waals surface area contributed by atoms with Crippen LogP contribution in [-0.4, -0.2) is 38.2 Å². The highest BCUT2D eigenvalue weighted by molar-refractivity contribution is 6.22. The molecule has 0 amide bonds. The van der Waals surface area contributed by atoms with Gasteiger partial charge in [-0.2, -0.15) is 0 Å². The molecule has 0 fully saturated rings. The zero-order valence-corrected chi connectivity index (χ0v) is 78.7. The number of benzene rings is 26. The predicted molar refractivity (Wildman–Crippen MR) is 605 cm³/mol. The summed E-state index contributed by atoms with van der Waals surface area (Å²) in [5, 5.41) is 9.88. The molecule has 30 rings (SSSR count). The summed E-state index contributed by atoms with van der Waals surface area (Å²) in [5.74, 6) is 0. The molecule has 0 atom stereocenters. The Labute approximate surface area is 837 Å². The highest BCUT2D eigenvalue weighted by Crippen LogP contribution is 2.40. The summed E-state index contributed by atoms with van der Waals surface area (Å²) >= 11 is 0. The number of hydrogen-bond donors (Lipinski definition) is 4. The van der Waals surface area contributed by atoms with Crippen LogP contribution in [0, 0.1) is 0 Å². The highest BCUT2D eigenvalue weighted by Gasteiger charge is 2.29. The fraction of sp³-hybridized carbons (Fsp3) is 0.0159. The van der Waals surface area contributed by atoms with Crippen LogP contribution in [0.2, 0.25) is 2.82 Å². The molecule has 24 nitrogen and oxygen atoms in total. The maximum atomic E-state index is 14.4. The monoisotopic (exact) mass is 1950 g/mol. The summed E-state index contributed by atoms with van der Waals surface area (Å²) in [5.41, 5.74) is 4.73. The Morgan fingerprint density at radius 3 is 0.567 bits per heavy atom. The lowest BCUT2D eigenvalue weighted by Gasteiger charge is -2.24. The van der Waals surface area contributed by atoms with Crippen LogP contribution < -0.4 is 86.9 Å². The van der Waals surface area contributed by atoms with Crippen molar-refractivity contribution in [2.24, 2.45) is 14.1 Å². The Balaban J connectivity index is 0.0000001000. The van der Waals surface area contributed by atoms with Gasteiger partial charge in [0.25, 0.3) is 0 Å². The third-order valence-electron chi connectivity index (χ3n) is 29.8. The van der Waals surface area contributed by atoms with E-state index in [9.17, 15) is 76.7 Å². The number of fused-ring (bicyclic) bond motifs is 32. The molecule has 0 radical (unpaired) electrons. The van der Waals surface area contributed by atoms with E-state index in [0.717, 1.165) is 21.3 Å². The van der Waals surface area contributed by atoms with Gasteiger partial charge in [0.15, 0.2) is 89.7 Å². The third-order valence-corrected chi connectivity index (χ3v) is 29.8. The molecule has 0 aliphatic carbocycles. The molecule has 0 aliphatic rings. The Morgan fingerprint density at radius 1 is 0.160 bits per heavy atom. The standard InChI is InChI=1S/C40H22N2O4.C30H18N2O4.2C28H14N2O4/c43-37-25-15-7-9-17-27(25)39(45)33-29(37)20-22-32-35(33)41(23-11-3-1-4-12-23)31-21-19-30-34(36(31)42(32)24-13-5-2-6-14-24)40(46)28-18-10-8-16-26(28)38(30)44;1-31-21-13-11-20-24(30(36)18-10-6-4-8-16(18)28(20)34)26(21)32(2)22-14-12-19-23(25(22)31)29(35)17-9-5-3-7-15(17)27(19)33;2*31-25-13-5-1-3-7-15(13)27(33)21-17(25)9-11-19-23(21)29-20-12-10-18-22(24(20)30-19)28(34)16-8-4-2-6-14(16)26(18)32/h1-22H;3-14H,1-2H3;2*1-12,29-30H/i/hD2. The van der Waals surface area contributed by atoms with Gasteiger partial charge in [-0.25, -0.2) is 0 Å². The van der Waals surface area contributed by atoms with Crippen molar-refractivity contribution >= 4 is 261 Å². The van der Waals surface area contributed by atoms with E-state index in [4.69, 9.17) is 2.82 Å². The minimum Gasteiger partial charge on any atom is -0.351 e. The second kappa shape index (κ2) is 32.8. The molecular formula is C126H68N8O16. The van der Waals surface area contributed by atoms with E-state index in [0.29, 0.717) is 206 Å². The van der Waals surface area contributed by atoms with Gasteiger partial charge in [0.2, 0.25) is 0 Å². The van der Waals surface area contributed by atoms with Crippen molar-refractivity contribution in [2.45, 2.75) is 0 Å². The minimum atomic E-state index is -0.413. The molecule has 26 aromatic carbocycles. The van der Waals surface area contributed by atoms with Gasteiger partial charge >= 0.3 is 0 Å². The average molecular weight is 1950 g/mol. The normalized spacial score (nSPS) is 12.1. The summed E-state index contributed by atoms with van der Waals surface area (Å²) < 4.78 is 25.5. The first-order valence-corrected chi connectivity index (χ1v) is 48.0. The average Bonchev–Trinajstić information content (AvgIpc) is 0.695. The van der Waals surface area contributed by atoms with Crippen molar-refractivity contribution < 1.29 is 2.82 Å². The lowest BCUT2D eigenvalue weighted by Crippen LogP contribution is -2.19. The lowest BCUT2D eigenvalue weighted by atomic mass is 9.98. The van der Waals surface area contributed by atoms with Crippen molar-refractivity contribution in [1.29, 1.82) is 0 Å². The van der Waals surface area contributed by atoms with Crippen LogP contribution in [0.3, 0.4) is 0 Å². The molecule has 24 heteroatoms. The molecule has 30 aromatic rings. The number of aromatic nitrogens is 8. The van der Waals surface area contributed by atoms with Gasteiger partial charge in [0.1, 0.15) is 0 Å². The number of aryl methyl sites for hydroxylation is 2. The van der Waals surface area contributed by atoms with Crippen molar-refractivity contribution in [2.75, 3.05) is 0 Å². The van der Waals surface area contributed by atoms with Gasteiger partial charge < -0.3 is 38.2 Å². The largest absolute Gasteiger partial charge is 0.351 e. The summed E-state index contributed by atoms with van der Waals surface area (Å²) in [7, 11) is 3.64. The molecule has 0 unspecified atom stereocenters. The van der Waals surface area contributed by atoms with Crippen molar-refractivity contribution in [3.8, 4) is 11.4 Å². The number of aromatic amines is 4. The smallest absolute Gasteiger partial charge is 0.196 e. The van der Waals surface area contributed by atoms with Gasteiger partial charge in [-0.15, -0.1) is 0 Å². The number of para-hydroxylation sites is 2. The minimum absolute atomic E-state index is 0.0413. The van der Waals surface area contributed by atoms with Gasteiger partial charge in [0, 0.05) is 155 Å². The van der Waals surface area contributed by atoms with Crippen LogP contribution in [-0.2, 0) is 14.1 Å². The van der Waals surface area contributed by atoms with Crippen LogP contribution in [0.15, 0.2) is 429 Å². The maximum absolute atomic E-state index is 14.4. The van der Waals surface area contributed by atoms with Gasteiger partial charge in [-0.3, -0.25) is 76.7 Å². The molecule has 0 spiro atoms. The molecule has 0 saturated carbocycles. The molecule has 4 heterocycles. The molecule has 0 bridgehead atoms. The number of nitrogens with one attached hydrogen (secondary N) is 4. The first kappa shape index (κ1) is 85.8. The summed E-state index contributed by atoms with van der Waals surface area (Å²) in [6.45, 7) is 0. The summed E-state index contributed by atoms with van der Waals surface area (Å²) in [6, 6.07) is 99.9. The molecule has 0 saturated heterocycles. The fourth-order valence-electron chi connectivity index (χ4n) is 22.9. The molecular weight excluding hydrogens is 1880 g/mol. The quantitative estimate of drug-likeness (QED) is 0.0922. The Kier molecular flexibility index (Phi) is 18.8. The fourth-order valence-corrected chi connectivity index (χ4v) is 22.9. The van der Waals surface area contributed by atoms with Crippen LogP contribution in [0.25, 0.3) is 272 Å². The number of H-pyrrole nitrogens is 4. The first-order valence-electron chi connectivity index (χ1n) is 48.9. The van der Waals surface area contributed by atoms with E-state index in [-0.39, 0.29) is 130 Å². The highest BCUT2D eigenvalue weighted by atomic mass is 16.2. The van der Waals surface area contributed by atoms with E-state index in [1.807, 2.05) is 105 Å². The molecule has 0 aliphatic heterocycles. The SMILES string of the molecule is Cn1c2ccc3c(=O)c4ccccc4c(=O)c3c2n(C)c2ccc3c(=O)c4ccccc4c(=O)c3c21.O=c1c2ccccc2c(=O)c2c1ccc1[nH]c3c(ccc4c(=O)c5ccccc5c(=O)c43)[nH]c12.O=c1c2ccccc2c(=O)c2c1ccc1c2n(-c2ccccc2)c2ccc3c(=O)c4ccccc4c(=O)c3c2n1-c1ccccc1.[2H]n1c2ccc3c(=O)c4ccccc4c(=O)c3c2n([2H])c2ccc3c(=O)c4ccccc4c(=O)c3c21. The molecule has 708 valence electrons. The van der Waals surface area contributed by atoms with Crippen molar-refractivity contribution in [3.63, 3.8) is 0 Å². The molecule has 4 aromatic heterocycles. The molecule has 150 heavy (non-hydrogen) atoms. The lowest BCUT2D eigenvalue weighted by molar-refractivity contribution is 0.943. The summed E-state index contributed by atoms with van der Waals surface area (Å²) in [6.07, 6.45) is 0. The van der Waals surface area contributed by atoms with Crippen LogP contribution >= 0.6 is 0 Å². The third kappa shape index (κ3) is 12.4. The number of hydrogen-bond acceptors (Lipinski definition) is 16. The van der Waals surface area contributed by atoms with Crippen molar-refractivity contribution in [1.82, 2.24) is 38.2 Å². The van der Waals surface area contributed by atoms with Gasteiger partial charge in [0.05, 0.1) is 131 Å². The Morgan fingerprint density at radius 2 is 0.333 bits per heavy atom. The zero-order chi connectivity index (χ0) is 104. The van der Waals surface area contributed by atoms with E-state index in [1.165, 1.54) is 24.3 Å². The van der Waals surface area contributed by atoms with E-state index in [2.05, 4.69) is 9.97 Å². The zero-order valence-electron chi connectivity index (χ0n) is 80.7. The summed E-state index contributed by atoms with van der Waals surface area (Å²) in [4.78, 5) is 225. The number of nitrogens with zero attached hydrogens (tertiary/aromatic N) is 4. The van der Waals surface area contributed by atoms with E-state index in [1.54, 1.807) is 255 Å². The molecule has 4 N–H and O–H groups in total. The topological polar surface area (TPSA) is 356 Å². The Bertz CT molecular complexity index is 11800. The Hall–Kier alpha value is -20.9. The van der Waals surface area contributed by atoms with E-state index >= 15 is 0 Å². The predicted octanol–water partition coefficient (Wildman–Crippen LogP) is 19.5. The second-order valence-electron chi connectivity index (χ2n) is 37.5. The second-order valence-corrected chi connectivity index (χ2v) is 37.5. The van der Waals surface area contributed by atoms with Crippen molar-refractivity contribution in [3.05, 3.63) is 515 Å². The maximum Gasteiger partial charge on any atom is 0.196 e. The first-order chi connectivity index (χ1) is 73.9. The van der Waals surface area contributed by atoms with E-state index < -0.39 is 10.9 Å². The van der Waals surface area contributed by atoms with Crippen LogP contribution in [0.4, 0.5) is 0 Å².